The maximum Gasteiger partial charge on any atom is 0.192 e. The van der Waals surface area contributed by atoms with E-state index in [1.807, 2.05) is 12.1 Å². The number of fused-ring (bicyclic) bond motifs is 3. The monoisotopic (exact) mass is 296 g/mol. The van der Waals surface area contributed by atoms with Crippen LogP contribution in [-0.4, -0.2) is 34.8 Å². The third-order valence-corrected chi connectivity index (χ3v) is 5.62. The SMILES string of the molecule is COc1ccc2c3c4n(c2c1)C(O)=C[C@H]1CCCN(CC3)[C@@H]41. The predicted octanol–water partition coefficient (Wildman–Crippen LogP) is 3.33. The minimum atomic E-state index is 0.393. The van der Waals surface area contributed by atoms with Gasteiger partial charge in [-0.15, -0.1) is 0 Å². The highest BCUT2D eigenvalue weighted by atomic mass is 16.5. The first-order valence-electron chi connectivity index (χ1n) is 8.14. The summed E-state index contributed by atoms with van der Waals surface area (Å²) >= 11 is 0. The van der Waals surface area contributed by atoms with Crippen LogP contribution in [0.1, 0.15) is 30.1 Å². The van der Waals surface area contributed by atoms with Crippen LogP contribution in [0.5, 0.6) is 5.75 Å². The smallest absolute Gasteiger partial charge is 0.192 e. The van der Waals surface area contributed by atoms with Gasteiger partial charge in [-0.2, -0.15) is 0 Å². The first kappa shape index (κ1) is 12.6. The van der Waals surface area contributed by atoms with Gasteiger partial charge in [0.25, 0.3) is 0 Å². The van der Waals surface area contributed by atoms with E-state index >= 15 is 0 Å². The molecule has 4 nitrogen and oxygen atoms in total. The molecule has 0 saturated carbocycles. The third kappa shape index (κ3) is 1.46. The van der Waals surface area contributed by atoms with E-state index in [4.69, 9.17) is 4.74 Å². The van der Waals surface area contributed by atoms with Gasteiger partial charge in [-0.3, -0.25) is 9.47 Å². The Morgan fingerprint density at radius 1 is 1.27 bits per heavy atom. The molecular formula is C18H20N2O2. The zero-order valence-electron chi connectivity index (χ0n) is 12.7. The Hall–Kier alpha value is -1.94. The van der Waals surface area contributed by atoms with Crippen LogP contribution in [0.25, 0.3) is 16.8 Å². The van der Waals surface area contributed by atoms with E-state index in [0.29, 0.717) is 17.8 Å². The van der Waals surface area contributed by atoms with Crippen LogP contribution in [0.4, 0.5) is 0 Å². The zero-order valence-corrected chi connectivity index (χ0v) is 12.7. The molecule has 2 atom stereocenters. The van der Waals surface area contributed by atoms with Gasteiger partial charge in [0.1, 0.15) is 5.75 Å². The number of aromatic nitrogens is 1. The molecular weight excluding hydrogens is 276 g/mol. The van der Waals surface area contributed by atoms with Crippen molar-refractivity contribution >= 4 is 16.8 Å². The molecule has 4 heterocycles. The lowest BCUT2D eigenvalue weighted by atomic mass is 9.81. The average Bonchev–Trinajstić information content (AvgIpc) is 2.88. The Bertz CT molecular complexity index is 805. The summed E-state index contributed by atoms with van der Waals surface area (Å²) in [6.45, 7) is 2.31. The molecule has 5 rings (SSSR count). The minimum absolute atomic E-state index is 0.393. The number of ether oxygens (including phenoxy) is 1. The number of piperidine rings is 1. The van der Waals surface area contributed by atoms with Gasteiger partial charge < -0.3 is 9.84 Å². The van der Waals surface area contributed by atoms with Crippen molar-refractivity contribution in [1.29, 1.82) is 0 Å². The molecule has 0 amide bonds. The number of aliphatic hydroxyl groups excluding tert-OH is 1. The van der Waals surface area contributed by atoms with Crippen LogP contribution in [0.3, 0.4) is 0 Å². The summed E-state index contributed by atoms with van der Waals surface area (Å²) in [5, 5.41) is 11.9. The molecule has 0 radical (unpaired) electrons. The molecule has 3 aliphatic rings. The summed E-state index contributed by atoms with van der Waals surface area (Å²) in [5.41, 5.74) is 3.81. The van der Waals surface area contributed by atoms with Gasteiger partial charge in [0.15, 0.2) is 5.88 Å². The van der Waals surface area contributed by atoms with Gasteiger partial charge in [-0.05, 0) is 49.6 Å². The second-order valence-corrected chi connectivity index (χ2v) is 6.64. The van der Waals surface area contributed by atoms with Gasteiger partial charge >= 0.3 is 0 Å². The van der Waals surface area contributed by atoms with Crippen LogP contribution < -0.4 is 4.74 Å². The zero-order chi connectivity index (χ0) is 14.8. The van der Waals surface area contributed by atoms with Gasteiger partial charge in [0.05, 0.1) is 18.7 Å². The lowest BCUT2D eigenvalue weighted by molar-refractivity contribution is 0.0948. The quantitative estimate of drug-likeness (QED) is 0.877. The third-order valence-electron chi connectivity index (χ3n) is 5.62. The lowest BCUT2D eigenvalue weighted by Crippen LogP contribution is -2.45. The van der Waals surface area contributed by atoms with E-state index in [1.165, 1.54) is 36.0 Å². The minimum Gasteiger partial charge on any atom is -0.497 e. The number of benzene rings is 1. The van der Waals surface area contributed by atoms with Crippen molar-refractivity contribution in [3.63, 3.8) is 0 Å². The van der Waals surface area contributed by atoms with Crippen LogP contribution in [-0.2, 0) is 6.42 Å². The standard InChI is InChI=1S/C18H20N2O2/c1-22-12-4-5-13-14-6-8-19-7-2-3-11-9-16(21)20(15(13)10-12)18(14)17(11)19/h4-5,9-11,17,21H,2-3,6-8H2,1H3/t11-,17-/m1/s1. The van der Waals surface area contributed by atoms with Gasteiger partial charge in [-0.25, -0.2) is 0 Å². The Kier molecular flexibility index (Phi) is 2.46. The molecule has 2 aromatic rings. The number of methoxy groups -OCH3 is 1. The van der Waals surface area contributed by atoms with Crippen LogP contribution in [0.2, 0.25) is 0 Å². The summed E-state index contributed by atoms with van der Waals surface area (Å²) in [5.74, 6) is 1.69. The summed E-state index contributed by atoms with van der Waals surface area (Å²) in [4.78, 5) is 2.60. The molecule has 0 aliphatic carbocycles. The van der Waals surface area contributed by atoms with Crippen molar-refractivity contribution < 1.29 is 9.84 Å². The lowest BCUT2D eigenvalue weighted by Gasteiger charge is -2.45. The first-order valence-corrected chi connectivity index (χ1v) is 8.14. The second-order valence-electron chi connectivity index (χ2n) is 6.64. The topological polar surface area (TPSA) is 37.6 Å². The summed E-state index contributed by atoms with van der Waals surface area (Å²) in [6, 6.07) is 6.66. The fourth-order valence-corrected chi connectivity index (χ4v) is 4.72. The van der Waals surface area contributed by atoms with Crippen molar-refractivity contribution in [3.8, 4) is 5.75 Å². The highest BCUT2D eigenvalue weighted by Gasteiger charge is 2.42. The van der Waals surface area contributed by atoms with Crippen LogP contribution in [0.15, 0.2) is 24.3 Å². The summed E-state index contributed by atoms with van der Waals surface area (Å²) in [7, 11) is 1.69. The largest absolute Gasteiger partial charge is 0.497 e. The first-order chi connectivity index (χ1) is 10.8. The number of rotatable bonds is 1. The van der Waals surface area contributed by atoms with E-state index in [-0.39, 0.29) is 0 Å². The van der Waals surface area contributed by atoms with Crippen molar-refractivity contribution in [2.75, 3.05) is 20.2 Å². The van der Waals surface area contributed by atoms with E-state index in [1.54, 1.807) is 7.11 Å². The second kappa shape index (κ2) is 4.29. The number of aliphatic hydroxyl groups is 1. The Labute approximate surface area is 129 Å². The van der Waals surface area contributed by atoms with Gasteiger partial charge in [0.2, 0.25) is 0 Å². The van der Waals surface area contributed by atoms with Crippen molar-refractivity contribution in [1.82, 2.24) is 9.47 Å². The fraction of sp³-hybridized carbons (Fsp3) is 0.444. The average molecular weight is 296 g/mol. The van der Waals surface area contributed by atoms with Crippen LogP contribution in [0, 0.1) is 5.92 Å². The highest BCUT2D eigenvalue weighted by molar-refractivity contribution is 5.90. The summed E-state index contributed by atoms with van der Waals surface area (Å²) in [6.07, 6.45) is 5.54. The van der Waals surface area contributed by atoms with Gasteiger partial charge in [0, 0.05) is 29.6 Å². The molecule has 114 valence electrons. The fourth-order valence-electron chi connectivity index (χ4n) is 4.72. The van der Waals surface area contributed by atoms with E-state index in [9.17, 15) is 5.11 Å². The van der Waals surface area contributed by atoms with Crippen molar-refractivity contribution in [3.05, 3.63) is 35.5 Å². The predicted molar refractivity (Wildman–Crippen MR) is 86.1 cm³/mol. The number of hydrogen-bond acceptors (Lipinski definition) is 3. The molecule has 22 heavy (non-hydrogen) atoms. The van der Waals surface area contributed by atoms with Crippen molar-refractivity contribution in [2.24, 2.45) is 5.92 Å². The van der Waals surface area contributed by atoms with E-state index in [2.05, 4.69) is 21.6 Å². The number of nitrogens with zero attached hydrogens (tertiary/aromatic N) is 2. The molecule has 1 saturated heterocycles. The molecule has 1 fully saturated rings. The Morgan fingerprint density at radius 2 is 2.18 bits per heavy atom. The molecule has 1 N–H and O–H groups in total. The number of hydrogen-bond donors (Lipinski definition) is 1. The Morgan fingerprint density at radius 3 is 3.05 bits per heavy atom. The highest BCUT2D eigenvalue weighted by Crippen LogP contribution is 2.48. The molecule has 0 unspecified atom stereocenters. The van der Waals surface area contributed by atoms with Gasteiger partial charge in [-0.1, -0.05) is 0 Å². The molecule has 0 spiro atoms. The normalized spacial score (nSPS) is 26.7. The van der Waals surface area contributed by atoms with E-state index < -0.39 is 0 Å². The maximum atomic E-state index is 10.7. The van der Waals surface area contributed by atoms with E-state index in [0.717, 1.165) is 24.2 Å². The maximum absolute atomic E-state index is 10.7. The molecule has 3 aliphatic heterocycles. The molecule has 1 aromatic carbocycles. The van der Waals surface area contributed by atoms with Crippen LogP contribution >= 0.6 is 0 Å². The molecule has 4 heteroatoms. The molecule has 1 aromatic heterocycles. The Balaban J connectivity index is 1.85. The van der Waals surface area contributed by atoms with Crippen molar-refractivity contribution in [2.45, 2.75) is 25.3 Å². The molecule has 0 bridgehead atoms. The summed E-state index contributed by atoms with van der Waals surface area (Å²) < 4.78 is 7.45.